The van der Waals surface area contributed by atoms with Crippen LogP contribution in [0.5, 0.6) is 0 Å². The van der Waals surface area contributed by atoms with Crippen LogP contribution in [-0.2, 0) is 9.47 Å². The predicted octanol–water partition coefficient (Wildman–Crippen LogP) is -1.53. The standard InChI is InChI=1S/C11H16F3N3O5/c1-21-3-5-6(18)7(19)9(22-5)17-2-4(11(12,13)14)8(15)16-10(17)20/h2,5-7,9-10,18-20H,3H2,1H3,(H2,15,16)/t5-,6?,7?,9-,10?/m1/s1. The lowest BCUT2D eigenvalue weighted by Crippen LogP contribution is -2.49. The fraction of sp³-hybridized carbons (Fsp3) is 0.727. The molecular formula is C11H16F3N3O5. The van der Waals surface area contributed by atoms with Crippen molar-refractivity contribution in [3.05, 3.63) is 11.8 Å². The quantitative estimate of drug-likeness (QED) is 0.496. The van der Waals surface area contributed by atoms with Gasteiger partial charge >= 0.3 is 6.18 Å². The van der Waals surface area contributed by atoms with Gasteiger partial charge in [-0.05, 0) is 0 Å². The highest BCUT2D eigenvalue weighted by molar-refractivity contribution is 5.98. The van der Waals surface area contributed by atoms with E-state index in [9.17, 15) is 28.5 Å². The number of alkyl halides is 3. The number of aliphatic imine (C=N–C) groups is 1. The number of hydrogen-bond donors (Lipinski definition) is 4. The van der Waals surface area contributed by atoms with Crippen molar-refractivity contribution >= 4 is 5.84 Å². The number of nitrogens with two attached hydrogens (primary N) is 1. The molecule has 0 aromatic carbocycles. The molecule has 5 atom stereocenters. The van der Waals surface area contributed by atoms with E-state index >= 15 is 0 Å². The fourth-order valence-electron chi connectivity index (χ4n) is 2.24. The van der Waals surface area contributed by atoms with Crippen LogP contribution in [0.25, 0.3) is 0 Å². The molecule has 2 aliphatic heterocycles. The number of rotatable bonds is 3. The Labute approximate surface area is 123 Å². The number of methoxy groups -OCH3 is 1. The summed E-state index contributed by atoms with van der Waals surface area (Å²) in [6.45, 7) is -0.0834. The fourth-order valence-corrected chi connectivity index (χ4v) is 2.24. The van der Waals surface area contributed by atoms with Crippen LogP contribution in [0.2, 0.25) is 0 Å². The molecule has 0 aromatic rings. The number of nitrogens with zero attached hydrogens (tertiary/aromatic N) is 2. The molecule has 8 nitrogen and oxygen atoms in total. The van der Waals surface area contributed by atoms with Crippen molar-refractivity contribution in [3.63, 3.8) is 0 Å². The van der Waals surface area contributed by atoms with Gasteiger partial charge in [0.15, 0.2) is 6.23 Å². The highest BCUT2D eigenvalue weighted by Gasteiger charge is 2.48. The number of ether oxygens (including phenoxy) is 2. The average molecular weight is 327 g/mol. The van der Waals surface area contributed by atoms with Gasteiger partial charge in [0.1, 0.15) is 29.7 Å². The van der Waals surface area contributed by atoms with E-state index in [-0.39, 0.29) is 6.61 Å². The average Bonchev–Trinajstić information content (AvgIpc) is 2.66. The summed E-state index contributed by atoms with van der Waals surface area (Å²) < 4.78 is 48.6. The molecule has 126 valence electrons. The third kappa shape index (κ3) is 3.03. The first-order chi connectivity index (χ1) is 10.2. The molecule has 0 aliphatic carbocycles. The van der Waals surface area contributed by atoms with Crippen LogP contribution >= 0.6 is 0 Å². The summed E-state index contributed by atoms with van der Waals surface area (Å²) >= 11 is 0. The molecule has 1 saturated heterocycles. The Bertz CT molecular complexity index is 484. The maximum absolute atomic E-state index is 12.8. The zero-order chi connectivity index (χ0) is 16.7. The highest BCUT2D eigenvalue weighted by Crippen LogP contribution is 2.32. The second-order valence-electron chi connectivity index (χ2n) is 4.85. The minimum absolute atomic E-state index is 0.0834. The number of aliphatic hydroxyl groups is 3. The Morgan fingerprint density at radius 3 is 2.55 bits per heavy atom. The molecule has 0 aromatic heterocycles. The third-order valence-electron chi connectivity index (χ3n) is 3.34. The number of hydrogen-bond acceptors (Lipinski definition) is 8. The van der Waals surface area contributed by atoms with E-state index in [4.69, 9.17) is 15.2 Å². The second kappa shape index (κ2) is 6.01. The number of amidine groups is 1. The van der Waals surface area contributed by atoms with E-state index in [1.54, 1.807) is 0 Å². The van der Waals surface area contributed by atoms with Crippen molar-refractivity contribution in [1.82, 2.24) is 4.90 Å². The lowest BCUT2D eigenvalue weighted by Gasteiger charge is -2.34. The van der Waals surface area contributed by atoms with Gasteiger partial charge in [0.05, 0.1) is 6.61 Å². The summed E-state index contributed by atoms with van der Waals surface area (Å²) in [5.74, 6) is -0.877. The molecule has 0 bridgehead atoms. The van der Waals surface area contributed by atoms with Crippen LogP contribution in [0.1, 0.15) is 0 Å². The molecule has 0 radical (unpaired) electrons. The third-order valence-corrected chi connectivity index (χ3v) is 3.34. The molecule has 11 heteroatoms. The van der Waals surface area contributed by atoms with E-state index in [1.807, 2.05) is 0 Å². The van der Waals surface area contributed by atoms with Crippen molar-refractivity contribution in [2.45, 2.75) is 37.1 Å². The molecule has 0 spiro atoms. The van der Waals surface area contributed by atoms with Crippen LogP contribution in [0.4, 0.5) is 13.2 Å². The summed E-state index contributed by atoms with van der Waals surface area (Å²) in [6.07, 6.45) is -11.4. The minimum Gasteiger partial charge on any atom is -0.387 e. The zero-order valence-electron chi connectivity index (χ0n) is 11.4. The van der Waals surface area contributed by atoms with Crippen molar-refractivity contribution in [2.75, 3.05) is 13.7 Å². The van der Waals surface area contributed by atoms with E-state index in [0.29, 0.717) is 11.1 Å². The predicted molar refractivity (Wildman–Crippen MR) is 66.2 cm³/mol. The Hall–Kier alpha value is -1.40. The van der Waals surface area contributed by atoms with Crippen LogP contribution in [-0.4, -0.2) is 76.8 Å². The Kier molecular flexibility index (Phi) is 4.63. The topological polar surface area (TPSA) is 121 Å². The van der Waals surface area contributed by atoms with E-state index in [1.165, 1.54) is 7.11 Å². The lowest BCUT2D eigenvalue weighted by molar-refractivity contribution is -0.136. The van der Waals surface area contributed by atoms with Gasteiger partial charge in [-0.3, -0.25) is 0 Å². The molecule has 2 heterocycles. The first-order valence-corrected chi connectivity index (χ1v) is 6.25. The highest BCUT2D eigenvalue weighted by atomic mass is 19.4. The molecule has 2 aliphatic rings. The smallest absolute Gasteiger partial charge is 0.387 e. The first-order valence-electron chi connectivity index (χ1n) is 6.25. The van der Waals surface area contributed by atoms with E-state index < -0.39 is 48.5 Å². The normalized spacial score (nSPS) is 36.3. The van der Waals surface area contributed by atoms with E-state index in [0.717, 1.165) is 0 Å². The zero-order valence-corrected chi connectivity index (χ0v) is 11.4. The van der Waals surface area contributed by atoms with Gasteiger partial charge in [-0.15, -0.1) is 0 Å². The van der Waals surface area contributed by atoms with Crippen LogP contribution in [0.15, 0.2) is 16.8 Å². The number of aliphatic hydroxyl groups excluding tert-OH is 3. The Morgan fingerprint density at radius 1 is 1.36 bits per heavy atom. The largest absolute Gasteiger partial charge is 0.421 e. The molecule has 0 saturated carbocycles. The van der Waals surface area contributed by atoms with Crippen molar-refractivity contribution in [3.8, 4) is 0 Å². The maximum atomic E-state index is 12.8. The van der Waals surface area contributed by atoms with Gasteiger partial charge in [0.25, 0.3) is 0 Å². The second-order valence-corrected chi connectivity index (χ2v) is 4.85. The van der Waals surface area contributed by atoms with Crippen molar-refractivity contribution in [1.29, 1.82) is 0 Å². The van der Waals surface area contributed by atoms with Gasteiger partial charge in [-0.25, -0.2) is 4.99 Å². The molecule has 3 unspecified atom stereocenters. The number of halogens is 3. The lowest BCUT2D eigenvalue weighted by atomic mass is 10.1. The molecule has 22 heavy (non-hydrogen) atoms. The van der Waals surface area contributed by atoms with Gasteiger partial charge in [-0.1, -0.05) is 0 Å². The summed E-state index contributed by atoms with van der Waals surface area (Å²) in [7, 11) is 1.33. The van der Waals surface area contributed by atoms with Gasteiger partial charge in [-0.2, -0.15) is 13.2 Å². The van der Waals surface area contributed by atoms with Crippen LogP contribution in [0, 0.1) is 0 Å². The molecule has 1 fully saturated rings. The molecule has 2 rings (SSSR count). The maximum Gasteiger partial charge on any atom is 0.421 e. The summed E-state index contributed by atoms with van der Waals surface area (Å²) in [6, 6.07) is 0. The summed E-state index contributed by atoms with van der Waals surface area (Å²) in [5, 5.41) is 29.4. The molecular weight excluding hydrogens is 311 g/mol. The summed E-state index contributed by atoms with van der Waals surface area (Å²) in [4.78, 5) is 3.91. The van der Waals surface area contributed by atoms with Crippen LogP contribution < -0.4 is 5.73 Å². The molecule has 0 amide bonds. The Morgan fingerprint density at radius 2 is 2.00 bits per heavy atom. The Balaban J connectivity index is 2.26. The minimum atomic E-state index is -4.79. The first kappa shape index (κ1) is 17.0. The monoisotopic (exact) mass is 327 g/mol. The van der Waals surface area contributed by atoms with Crippen molar-refractivity contribution < 1.29 is 38.0 Å². The van der Waals surface area contributed by atoms with Gasteiger partial charge in [0.2, 0.25) is 6.35 Å². The van der Waals surface area contributed by atoms with Gasteiger partial charge in [0, 0.05) is 13.3 Å². The van der Waals surface area contributed by atoms with Crippen molar-refractivity contribution in [2.24, 2.45) is 10.7 Å². The summed E-state index contributed by atoms with van der Waals surface area (Å²) in [5.41, 5.74) is 3.88. The SMILES string of the molecule is COC[C@H]1O[C@@H](N2C=C(C(F)(F)F)C(N)=NC2O)C(O)C1O. The molecule has 5 N–H and O–H groups in total. The van der Waals surface area contributed by atoms with Gasteiger partial charge < -0.3 is 35.4 Å². The van der Waals surface area contributed by atoms with E-state index in [2.05, 4.69) is 4.99 Å². The van der Waals surface area contributed by atoms with Crippen LogP contribution in [0.3, 0.4) is 0 Å².